The molecule has 4 nitrogen and oxygen atoms in total. The first kappa shape index (κ1) is 12.8. The Bertz CT molecular complexity index is 295. The van der Waals surface area contributed by atoms with Crippen LogP contribution in [0.4, 0.5) is 0 Å². The van der Waals surface area contributed by atoms with Crippen molar-refractivity contribution in [1.29, 1.82) is 0 Å². The molecule has 1 rings (SSSR count). The van der Waals surface area contributed by atoms with Gasteiger partial charge < -0.3 is 14.8 Å². The monoisotopic (exact) mass is 225 g/mol. The number of hydrogen-bond donors (Lipinski definition) is 2. The van der Waals surface area contributed by atoms with Crippen LogP contribution in [0.2, 0.25) is 0 Å². The number of carbonyl (C=O) groups is 1. The van der Waals surface area contributed by atoms with Crippen LogP contribution in [0.1, 0.15) is 31.9 Å². The number of hydrogen-bond acceptors (Lipinski definition) is 3. The molecule has 0 aliphatic carbocycles. The Morgan fingerprint density at radius 2 is 2.38 bits per heavy atom. The summed E-state index contributed by atoms with van der Waals surface area (Å²) < 4.78 is 5.18. The van der Waals surface area contributed by atoms with Gasteiger partial charge in [-0.05, 0) is 37.4 Å². The highest BCUT2D eigenvalue weighted by atomic mass is 16.4. The van der Waals surface area contributed by atoms with Crippen LogP contribution in [0, 0.1) is 5.92 Å². The van der Waals surface area contributed by atoms with E-state index in [1.54, 1.807) is 6.26 Å². The van der Waals surface area contributed by atoms with Gasteiger partial charge in [-0.25, -0.2) is 0 Å². The Morgan fingerprint density at radius 1 is 1.56 bits per heavy atom. The zero-order valence-corrected chi connectivity index (χ0v) is 9.61. The van der Waals surface area contributed by atoms with E-state index in [2.05, 4.69) is 12.2 Å². The highest BCUT2D eigenvalue weighted by molar-refractivity contribution is 5.66. The fourth-order valence-corrected chi connectivity index (χ4v) is 1.49. The zero-order valence-electron chi connectivity index (χ0n) is 9.61. The number of aliphatic carboxylic acids is 1. The first-order valence-electron chi connectivity index (χ1n) is 5.63. The topological polar surface area (TPSA) is 62.5 Å². The Morgan fingerprint density at radius 3 is 3.00 bits per heavy atom. The minimum atomic E-state index is -0.713. The lowest BCUT2D eigenvalue weighted by Gasteiger charge is -2.09. The quantitative estimate of drug-likeness (QED) is 0.666. The van der Waals surface area contributed by atoms with Crippen LogP contribution in [-0.2, 0) is 11.3 Å². The molecule has 1 aromatic heterocycles. The van der Waals surface area contributed by atoms with Crippen LogP contribution < -0.4 is 5.32 Å². The molecule has 0 aliphatic heterocycles. The molecule has 90 valence electrons. The predicted octanol–water partition coefficient (Wildman–Crippen LogP) is 2.26. The number of nitrogens with one attached hydrogen (secondary N) is 1. The normalized spacial score (nSPS) is 12.6. The van der Waals surface area contributed by atoms with Crippen molar-refractivity contribution in [2.75, 3.05) is 6.54 Å². The van der Waals surface area contributed by atoms with E-state index < -0.39 is 5.97 Å². The third-order valence-electron chi connectivity index (χ3n) is 2.54. The van der Waals surface area contributed by atoms with Crippen molar-refractivity contribution in [3.8, 4) is 0 Å². The summed E-state index contributed by atoms with van der Waals surface area (Å²) in [7, 11) is 0. The van der Waals surface area contributed by atoms with E-state index in [0.717, 1.165) is 31.7 Å². The maximum Gasteiger partial charge on any atom is 0.303 e. The summed E-state index contributed by atoms with van der Waals surface area (Å²) in [5, 5.41) is 11.8. The molecule has 0 fully saturated rings. The fraction of sp³-hybridized carbons (Fsp3) is 0.583. The van der Waals surface area contributed by atoms with Crippen molar-refractivity contribution in [3.05, 3.63) is 24.2 Å². The largest absolute Gasteiger partial charge is 0.481 e. The molecule has 1 unspecified atom stereocenters. The van der Waals surface area contributed by atoms with Gasteiger partial charge in [0.05, 0.1) is 12.8 Å². The van der Waals surface area contributed by atoms with E-state index in [4.69, 9.17) is 9.52 Å². The highest BCUT2D eigenvalue weighted by Crippen LogP contribution is 2.09. The second-order valence-electron chi connectivity index (χ2n) is 4.08. The number of rotatable bonds is 8. The molecular formula is C12H19NO3. The SMILES string of the molecule is CC(CCNCc1ccco1)CCC(=O)O. The molecule has 0 radical (unpaired) electrons. The maximum absolute atomic E-state index is 10.4. The Kier molecular flexibility index (Phi) is 5.64. The Labute approximate surface area is 95.7 Å². The second kappa shape index (κ2) is 7.06. The van der Waals surface area contributed by atoms with Gasteiger partial charge in [-0.3, -0.25) is 4.79 Å². The predicted molar refractivity (Wildman–Crippen MR) is 61.1 cm³/mol. The second-order valence-corrected chi connectivity index (χ2v) is 4.08. The van der Waals surface area contributed by atoms with Crippen LogP contribution in [0.15, 0.2) is 22.8 Å². The lowest BCUT2D eigenvalue weighted by molar-refractivity contribution is -0.137. The van der Waals surface area contributed by atoms with E-state index in [1.807, 2.05) is 12.1 Å². The van der Waals surface area contributed by atoms with Crippen molar-refractivity contribution in [2.24, 2.45) is 5.92 Å². The van der Waals surface area contributed by atoms with E-state index >= 15 is 0 Å². The van der Waals surface area contributed by atoms with Crippen LogP contribution in [-0.4, -0.2) is 17.6 Å². The van der Waals surface area contributed by atoms with E-state index in [1.165, 1.54) is 0 Å². The first-order valence-corrected chi connectivity index (χ1v) is 5.63. The van der Waals surface area contributed by atoms with Gasteiger partial charge in [0.15, 0.2) is 0 Å². The molecule has 1 aromatic rings. The van der Waals surface area contributed by atoms with E-state index in [-0.39, 0.29) is 6.42 Å². The van der Waals surface area contributed by atoms with E-state index in [9.17, 15) is 4.79 Å². The standard InChI is InChI=1S/C12H19NO3/c1-10(4-5-12(14)15)6-7-13-9-11-3-2-8-16-11/h2-3,8,10,13H,4-7,9H2,1H3,(H,14,15). The summed E-state index contributed by atoms with van der Waals surface area (Å²) in [6, 6.07) is 3.80. The summed E-state index contributed by atoms with van der Waals surface area (Å²) in [6.45, 7) is 3.71. The van der Waals surface area contributed by atoms with Gasteiger partial charge in [-0.2, -0.15) is 0 Å². The zero-order chi connectivity index (χ0) is 11.8. The van der Waals surface area contributed by atoms with Crippen molar-refractivity contribution in [3.63, 3.8) is 0 Å². The molecule has 0 saturated carbocycles. The summed E-state index contributed by atoms with van der Waals surface area (Å²) >= 11 is 0. The van der Waals surface area contributed by atoms with Crippen LogP contribution in [0.5, 0.6) is 0 Å². The molecule has 0 spiro atoms. The fourth-order valence-electron chi connectivity index (χ4n) is 1.49. The van der Waals surface area contributed by atoms with Crippen LogP contribution in [0.25, 0.3) is 0 Å². The lowest BCUT2D eigenvalue weighted by Crippen LogP contribution is -2.17. The van der Waals surface area contributed by atoms with Crippen molar-refractivity contribution in [1.82, 2.24) is 5.32 Å². The molecule has 0 saturated heterocycles. The Balaban J connectivity index is 2.00. The van der Waals surface area contributed by atoms with Gasteiger partial charge >= 0.3 is 5.97 Å². The summed E-state index contributed by atoms with van der Waals surface area (Å²) in [5.74, 6) is 0.661. The number of carboxylic acids is 1. The van der Waals surface area contributed by atoms with Crippen LogP contribution in [0.3, 0.4) is 0 Å². The maximum atomic E-state index is 10.4. The van der Waals surface area contributed by atoms with Gasteiger partial charge in [0.25, 0.3) is 0 Å². The molecule has 0 aliphatic rings. The smallest absolute Gasteiger partial charge is 0.303 e. The van der Waals surface area contributed by atoms with Crippen molar-refractivity contribution < 1.29 is 14.3 Å². The average molecular weight is 225 g/mol. The van der Waals surface area contributed by atoms with Gasteiger partial charge in [-0.1, -0.05) is 6.92 Å². The molecular weight excluding hydrogens is 206 g/mol. The van der Waals surface area contributed by atoms with Gasteiger partial charge in [-0.15, -0.1) is 0 Å². The minimum absolute atomic E-state index is 0.263. The van der Waals surface area contributed by atoms with E-state index in [0.29, 0.717) is 5.92 Å². The Hall–Kier alpha value is -1.29. The summed E-state index contributed by atoms with van der Waals surface area (Å²) in [6.07, 6.45) is 3.66. The number of carboxylic acid groups (broad SMARTS) is 1. The van der Waals surface area contributed by atoms with Gasteiger partial charge in [0, 0.05) is 6.42 Å². The average Bonchev–Trinajstić information content (AvgIpc) is 2.74. The first-order chi connectivity index (χ1) is 7.68. The minimum Gasteiger partial charge on any atom is -0.481 e. The lowest BCUT2D eigenvalue weighted by atomic mass is 10.0. The highest BCUT2D eigenvalue weighted by Gasteiger charge is 2.05. The van der Waals surface area contributed by atoms with Crippen molar-refractivity contribution >= 4 is 5.97 Å². The third-order valence-corrected chi connectivity index (χ3v) is 2.54. The molecule has 16 heavy (non-hydrogen) atoms. The van der Waals surface area contributed by atoms with Crippen molar-refractivity contribution in [2.45, 2.75) is 32.7 Å². The molecule has 1 atom stereocenters. The molecule has 0 amide bonds. The molecule has 1 heterocycles. The summed E-state index contributed by atoms with van der Waals surface area (Å²) in [4.78, 5) is 10.4. The molecule has 2 N–H and O–H groups in total. The number of furan rings is 1. The molecule has 4 heteroatoms. The molecule has 0 bridgehead atoms. The third kappa shape index (κ3) is 5.56. The van der Waals surface area contributed by atoms with Gasteiger partial charge in [0.1, 0.15) is 5.76 Å². The molecule has 0 aromatic carbocycles. The summed E-state index contributed by atoms with van der Waals surface area (Å²) in [5.41, 5.74) is 0. The van der Waals surface area contributed by atoms with Crippen LogP contribution >= 0.6 is 0 Å². The van der Waals surface area contributed by atoms with Gasteiger partial charge in [0.2, 0.25) is 0 Å².